The summed E-state index contributed by atoms with van der Waals surface area (Å²) in [6, 6.07) is 0.418. The Morgan fingerprint density at radius 3 is 2.21 bits per heavy atom. The van der Waals surface area contributed by atoms with Crippen LogP contribution in [-0.2, 0) is 9.53 Å². The molecular weight excluding hydrogens is 246 g/mol. The van der Waals surface area contributed by atoms with Crippen LogP contribution in [0.2, 0.25) is 0 Å². The third-order valence-electron chi connectivity index (χ3n) is 3.53. The Labute approximate surface area is 114 Å². The van der Waals surface area contributed by atoms with Gasteiger partial charge in [-0.3, -0.25) is 9.69 Å². The topological polar surface area (TPSA) is 53.1 Å². The number of ether oxygens (including phenoxy) is 1. The summed E-state index contributed by atoms with van der Waals surface area (Å²) in [5, 5.41) is 0. The van der Waals surface area contributed by atoms with Crippen molar-refractivity contribution in [2.75, 3.05) is 39.3 Å². The largest absolute Gasteiger partial charge is 0.444 e. The van der Waals surface area contributed by atoms with Crippen molar-refractivity contribution in [3.8, 4) is 0 Å². The van der Waals surface area contributed by atoms with Crippen molar-refractivity contribution >= 4 is 12.5 Å². The van der Waals surface area contributed by atoms with Crippen molar-refractivity contribution in [2.24, 2.45) is 0 Å². The third-order valence-corrected chi connectivity index (χ3v) is 3.53. The Kier molecular flexibility index (Phi) is 3.99. The molecule has 0 saturated carbocycles. The quantitative estimate of drug-likeness (QED) is 0.680. The van der Waals surface area contributed by atoms with Crippen LogP contribution in [0.3, 0.4) is 0 Å². The van der Waals surface area contributed by atoms with E-state index >= 15 is 0 Å². The summed E-state index contributed by atoms with van der Waals surface area (Å²) >= 11 is 0. The normalized spacial score (nSPS) is 22.1. The van der Waals surface area contributed by atoms with E-state index in [0.29, 0.717) is 6.04 Å². The van der Waals surface area contributed by atoms with E-state index in [0.717, 1.165) is 45.7 Å². The van der Waals surface area contributed by atoms with Gasteiger partial charge in [-0.2, -0.15) is 0 Å². The number of carbonyl (C=O) groups excluding carboxylic acids is 2. The van der Waals surface area contributed by atoms with Crippen LogP contribution in [0.15, 0.2) is 0 Å². The molecule has 0 bridgehead atoms. The molecule has 0 spiro atoms. The summed E-state index contributed by atoms with van der Waals surface area (Å²) in [7, 11) is 0. The molecule has 6 nitrogen and oxygen atoms in total. The van der Waals surface area contributed by atoms with E-state index in [2.05, 4.69) is 4.90 Å². The van der Waals surface area contributed by atoms with Gasteiger partial charge in [-0.25, -0.2) is 4.79 Å². The number of likely N-dealkylation sites (tertiary alicyclic amines) is 1. The van der Waals surface area contributed by atoms with Gasteiger partial charge in [-0.15, -0.1) is 0 Å². The molecule has 2 saturated heterocycles. The molecule has 2 aliphatic rings. The van der Waals surface area contributed by atoms with Crippen molar-refractivity contribution in [1.82, 2.24) is 14.7 Å². The van der Waals surface area contributed by atoms with E-state index in [9.17, 15) is 9.59 Å². The zero-order chi connectivity index (χ0) is 14.0. The lowest BCUT2D eigenvalue weighted by atomic mass is 10.1. The van der Waals surface area contributed by atoms with Crippen LogP contribution in [0.25, 0.3) is 0 Å². The van der Waals surface area contributed by atoms with Gasteiger partial charge in [-0.05, 0) is 20.8 Å². The van der Waals surface area contributed by atoms with Gasteiger partial charge in [-0.1, -0.05) is 0 Å². The fourth-order valence-electron chi connectivity index (χ4n) is 2.37. The zero-order valence-corrected chi connectivity index (χ0v) is 12.0. The first-order chi connectivity index (χ1) is 8.89. The molecule has 19 heavy (non-hydrogen) atoms. The van der Waals surface area contributed by atoms with Gasteiger partial charge in [0, 0.05) is 45.3 Å². The molecule has 0 aromatic carbocycles. The Morgan fingerprint density at radius 1 is 1.16 bits per heavy atom. The van der Waals surface area contributed by atoms with Crippen molar-refractivity contribution in [3.63, 3.8) is 0 Å². The zero-order valence-electron chi connectivity index (χ0n) is 12.0. The SMILES string of the molecule is CC(C)(C)OC(=O)N1CC(N2CCN(C=O)CC2)C1. The van der Waals surface area contributed by atoms with Crippen molar-refractivity contribution < 1.29 is 14.3 Å². The fourth-order valence-corrected chi connectivity index (χ4v) is 2.37. The summed E-state index contributed by atoms with van der Waals surface area (Å²) in [4.78, 5) is 28.3. The lowest BCUT2D eigenvalue weighted by Crippen LogP contribution is -2.64. The molecule has 0 aliphatic carbocycles. The molecule has 0 radical (unpaired) electrons. The third kappa shape index (κ3) is 3.59. The molecule has 2 heterocycles. The van der Waals surface area contributed by atoms with Crippen LogP contribution in [0.5, 0.6) is 0 Å². The Hall–Kier alpha value is -1.30. The van der Waals surface area contributed by atoms with Gasteiger partial charge >= 0.3 is 6.09 Å². The summed E-state index contributed by atoms with van der Waals surface area (Å²) in [6.45, 7) is 10.4. The van der Waals surface area contributed by atoms with E-state index in [-0.39, 0.29) is 6.09 Å². The summed E-state index contributed by atoms with van der Waals surface area (Å²) in [5.74, 6) is 0. The lowest BCUT2D eigenvalue weighted by Gasteiger charge is -2.47. The first-order valence-electron chi connectivity index (χ1n) is 6.80. The highest BCUT2D eigenvalue weighted by molar-refractivity contribution is 5.69. The lowest BCUT2D eigenvalue weighted by molar-refractivity contribution is -0.120. The van der Waals surface area contributed by atoms with E-state index < -0.39 is 5.60 Å². The van der Waals surface area contributed by atoms with Crippen LogP contribution < -0.4 is 0 Å². The average Bonchev–Trinajstić information content (AvgIpc) is 2.25. The maximum atomic E-state index is 11.8. The Balaban J connectivity index is 1.72. The van der Waals surface area contributed by atoms with Crippen LogP contribution in [-0.4, -0.2) is 78.1 Å². The molecule has 2 fully saturated rings. The number of carbonyl (C=O) groups is 2. The van der Waals surface area contributed by atoms with Crippen molar-refractivity contribution in [3.05, 3.63) is 0 Å². The smallest absolute Gasteiger partial charge is 0.410 e. The highest BCUT2D eigenvalue weighted by Gasteiger charge is 2.37. The average molecular weight is 269 g/mol. The van der Waals surface area contributed by atoms with Gasteiger partial charge in [0.05, 0.1) is 0 Å². The van der Waals surface area contributed by atoms with E-state index in [1.807, 2.05) is 20.8 Å². The number of piperazine rings is 1. The molecule has 0 N–H and O–H groups in total. The predicted octanol–water partition coefficient (Wildman–Crippen LogP) is 0.380. The first kappa shape index (κ1) is 14.1. The molecule has 0 atom stereocenters. The van der Waals surface area contributed by atoms with Crippen LogP contribution in [0.1, 0.15) is 20.8 Å². The van der Waals surface area contributed by atoms with Crippen molar-refractivity contribution in [1.29, 1.82) is 0 Å². The van der Waals surface area contributed by atoms with E-state index in [1.54, 1.807) is 9.80 Å². The van der Waals surface area contributed by atoms with Crippen LogP contribution in [0.4, 0.5) is 4.79 Å². The standard InChI is InChI=1S/C13H23N3O3/c1-13(2,3)19-12(18)16-8-11(9-16)15-6-4-14(10-17)5-7-15/h10-11H,4-9H2,1-3H3. The maximum Gasteiger partial charge on any atom is 0.410 e. The van der Waals surface area contributed by atoms with Gasteiger partial charge < -0.3 is 14.5 Å². The van der Waals surface area contributed by atoms with Crippen LogP contribution in [0, 0.1) is 0 Å². The Bertz CT molecular complexity index is 340. The molecule has 2 amide bonds. The second kappa shape index (κ2) is 5.36. The van der Waals surface area contributed by atoms with Crippen LogP contribution >= 0.6 is 0 Å². The predicted molar refractivity (Wildman–Crippen MR) is 70.8 cm³/mol. The molecular formula is C13H23N3O3. The number of hydrogen-bond acceptors (Lipinski definition) is 4. The second-order valence-electron chi connectivity index (χ2n) is 6.22. The maximum absolute atomic E-state index is 11.8. The second-order valence-corrected chi connectivity index (χ2v) is 6.22. The molecule has 2 rings (SSSR count). The summed E-state index contributed by atoms with van der Waals surface area (Å²) < 4.78 is 5.33. The number of hydrogen-bond donors (Lipinski definition) is 0. The molecule has 0 unspecified atom stereocenters. The molecule has 0 aromatic rings. The summed E-state index contributed by atoms with van der Waals surface area (Å²) in [5.41, 5.74) is -0.433. The fraction of sp³-hybridized carbons (Fsp3) is 0.846. The monoisotopic (exact) mass is 269 g/mol. The van der Waals surface area contributed by atoms with Gasteiger partial charge in [0.25, 0.3) is 0 Å². The Morgan fingerprint density at radius 2 is 1.74 bits per heavy atom. The minimum atomic E-state index is -0.433. The molecule has 2 aliphatic heterocycles. The molecule has 6 heteroatoms. The van der Waals surface area contributed by atoms with Crippen molar-refractivity contribution in [2.45, 2.75) is 32.4 Å². The minimum absolute atomic E-state index is 0.227. The number of amides is 2. The minimum Gasteiger partial charge on any atom is -0.444 e. The number of rotatable bonds is 2. The van der Waals surface area contributed by atoms with Gasteiger partial charge in [0.15, 0.2) is 0 Å². The molecule has 0 aromatic heterocycles. The summed E-state index contributed by atoms with van der Waals surface area (Å²) in [6.07, 6.45) is 0.681. The number of nitrogens with zero attached hydrogens (tertiary/aromatic N) is 3. The highest BCUT2D eigenvalue weighted by Crippen LogP contribution is 2.19. The highest BCUT2D eigenvalue weighted by atomic mass is 16.6. The van der Waals surface area contributed by atoms with Gasteiger partial charge in [0.1, 0.15) is 5.60 Å². The van der Waals surface area contributed by atoms with Gasteiger partial charge in [0.2, 0.25) is 6.41 Å². The molecule has 108 valence electrons. The van der Waals surface area contributed by atoms with E-state index in [1.165, 1.54) is 0 Å². The van der Waals surface area contributed by atoms with E-state index in [4.69, 9.17) is 4.74 Å². The first-order valence-corrected chi connectivity index (χ1v) is 6.80.